The fourth-order valence-electron chi connectivity index (χ4n) is 3.53. The predicted octanol–water partition coefficient (Wildman–Crippen LogP) is 4.76. The molecule has 0 saturated carbocycles. The number of hydrogen-bond acceptors (Lipinski definition) is 3. The summed E-state index contributed by atoms with van der Waals surface area (Å²) in [7, 11) is 0. The van der Waals surface area contributed by atoms with Gasteiger partial charge >= 0.3 is 0 Å². The first kappa shape index (κ1) is 25.0. The lowest BCUT2D eigenvalue weighted by atomic mass is 10.0. The third-order valence-electron chi connectivity index (χ3n) is 5.64. The molecule has 0 aliphatic carbocycles. The van der Waals surface area contributed by atoms with Gasteiger partial charge in [-0.3, -0.25) is 9.59 Å². The average molecular weight is 463 g/mol. The summed E-state index contributed by atoms with van der Waals surface area (Å²) in [5.41, 5.74) is 1.66. The molecule has 34 heavy (non-hydrogen) atoms. The zero-order valence-electron chi connectivity index (χ0n) is 19.6. The molecule has 0 radical (unpaired) electrons. The number of para-hydroxylation sites is 1. The van der Waals surface area contributed by atoms with Crippen LogP contribution in [0.15, 0.2) is 84.9 Å². The highest BCUT2D eigenvalue weighted by molar-refractivity contribution is 5.88. The average Bonchev–Trinajstić information content (AvgIpc) is 2.87. The molecule has 0 fully saturated rings. The highest BCUT2D eigenvalue weighted by Crippen LogP contribution is 2.17. The van der Waals surface area contributed by atoms with E-state index in [0.717, 1.165) is 17.5 Å². The first-order chi connectivity index (χ1) is 16.5. The number of carbonyl (C=O) groups excluding carboxylic acids is 2. The van der Waals surface area contributed by atoms with Gasteiger partial charge in [-0.1, -0.05) is 67.6 Å². The summed E-state index contributed by atoms with van der Waals surface area (Å²) in [6.07, 6.45) is 1.12. The van der Waals surface area contributed by atoms with Crippen molar-refractivity contribution in [3.05, 3.63) is 102 Å². The van der Waals surface area contributed by atoms with Crippen molar-refractivity contribution >= 4 is 11.8 Å². The Morgan fingerprint density at radius 1 is 0.912 bits per heavy atom. The zero-order chi connectivity index (χ0) is 24.3. The number of hydrogen-bond donors (Lipinski definition) is 1. The first-order valence-corrected chi connectivity index (χ1v) is 11.5. The standard InChI is InChI=1S/C28H31FN2O3/c1-3-21(2)30-28(33)26(18-22-10-6-4-7-11-22)31(19-23-14-16-24(29)17-15-23)27(32)20-34-25-12-8-5-9-13-25/h4-17,21,26H,3,18-20H2,1-2H3,(H,30,33)/t21-,26+/m1/s1. The van der Waals surface area contributed by atoms with E-state index in [1.165, 1.54) is 17.0 Å². The molecule has 3 aromatic rings. The third-order valence-corrected chi connectivity index (χ3v) is 5.64. The number of rotatable bonds is 11. The van der Waals surface area contributed by atoms with Crippen molar-refractivity contribution in [2.75, 3.05) is 6.61 Å². The number of benzene rings is 3. The fourth-order valence-corrected chi connectivity index (χ4v) is 3.53. The van der Waals surface area contributed by atoms with Crippen LogP contribution in [0, 0.1) is 5.82 Å². The summed E-state index contributed by atoms with van der Waals surface area (Å²) in [6, 6.07) is 23.8. The second-order valence-corrected chi connectivity index (χ2v) is 8.27. The van der Waals surface area contributed by atoms with Gasteiger partial charge in [0.1, 0.15) is 17.6 Å². The minimum absolute atomic E-state index is 0.0332. The van der Waals surface area contributed by atoms with Crippen molar-refractivity contribution in [2.24, 2.45) is 0 Å². The zero-order valence-corrected chi connectivity index (χ0v) is 19.6. The maximum atomic E-state index is 13.5. The summed E-state index contributed by atoms with van der Waals surface area (Å²) in [4.78, 5) is 28.3. The van der Waals surface area contributed by atoms with E-state index < -0.39 is 6.04 Å². The van der Waals surface area contributed by atoms with Crippen LogP contribution in [0.1, 0.15) is 31.4 Å². The topological polar surface area (TPSA) is 58.6 Å². The molecule has 6 heteroatoms. The SMILES string of the molecule is CC[C@@H](C)NC(=O)[C@H](Cc1ccccc1)N(Cc1ccc(F)cc1)C(=O)COc1ccccc1. The van der Waals surface area contributed by atoms with E-state index in [9.17, 15) is 14.0 Å². The number of nitrogens with one attached hydrogen (secondary N) is 1. The van der Waals surface area contributed by atoms with Gasteiger partial charge in [-0.15, -0.1) is 0 Å². The van der Waals surface area contributed by atoms with E-state index in [1.54, 1.807) is 24.3 Å². The molecule has 3 aromatic carbocycles. The van der Waals surface area contributed by atoms with Crippen molar-refractivity contribution in [3.8, 4) is 5.75 Å². The molecule has 0 spiro atoms. The van der Waals surface area contributed by atoms with Crippen LogP contribution in [0.3, 0.4) is 0 Å². The molecule has 0 saturated heterocycles. The van der Waals surface area contributed by atoms with E-state index in [2.05, 4.69) is 5.32 Å². The quantitative estimate of drug-likeness (QED) is 0.447. The van der Waals surface area contributed by atoms with E-state index in [0.29, 0.717) is 12.2 Å². The molecule has 0 bridgehead atoms. The van der Waals surface area contributed by atoms with Gasteiger partial charge in [-0.2, -0.15) is 0 Å². The van der Waals surface area contributed by atoms with Gasteiger partial charge in [0.05, 0.1) is 0 Å². The van der Waals surface area contributed by atoms with Crippen molar-refractivity contribution in [1.29, 1.82) is 0 Å². The molecular formula is C28H31FN2O3. The van der Waals surface area contributed by atoms with Crippen molar-refractivity contribution in [3.63, 3.8) is 0 Å². The van der Waals surface area contributed by atoms with Crippen LogP contribution >= 0.6 is 0 Å². The lowest BCUT2D eigenvalue weighted by molar-refractivity contribution is -0.143. The van der Waals surface area contributed by atoms with Crippen molar-refractivity contribution in [1.82, 2.24) is 10.2 Å². The molecular weight excluding hydrogens is 431 g/mol. The second-order valence-electron chi connectivity index (χ2n) is 8.27. The Kier molecular flexibility index (Phi) is 9.21. The molecule has 3 rings (SSSR count). The molecule has 5 nitrogen and oxygen atoms in total. The van der Waals surface area contributed by atoms with Gasteiger partial charge in [0.2, 0.25) is 5.91 Å². The van der Waals surface area contributed by atoms with Gasteiger partial charge in [0.15, 0.2) is 6.61 Å². The first-order valence-electron chi connectivity index (χ1n) is 11.5. The summed E-state index contributed by atoms with van der Waals surface area (Å²) in [6.45, 7) is 3.87. The van der Waals surface area contributed by atoms with Gasteiger partial charge in [-0.25, -0.2) is 4.39 Å². The van der Waals surface area contributed by atoms with E-state index in [4.69, 9.17) is 4.74 Å². The van der Waals surface area contributed by atoms with E-state index in [-0.39, 0.29) is 36.8 Å². The Morgan fingerprint density at radius 3 is 2.15 bits per heavy atom. The largest absolute Gasteiger partial charge is 0.484 e. The summed E-state index contributed by atoms with van der Waals surface area (Å²) in [5, 5.41) is 3.02. The molecule has 0 unspecified atom stereocenters. The summed E-state index contributed by atoms with van der Waals surface area (Å²) < 4.78 is 19.2. The molecule has 2 amide bonds. The number of carbonyl (C=O) groups is 2. The minimum Gasteiger partial charge on any atom is -0.484 e. The van der Waals surface area contributed by atoms with Crippen LogP contribution in [-0.4, -0.2) is 35.4 Å². The molecule has 0 heterocycles. The molecule has 0 aliphatic rings. The van der Waals surface area contributed by atoms with Crippen LogP contribution in [0.2, 0.25) is 0 Å². The van der Waals surface area contributed by atoms with Crippen molar-refractivity contribution < 1.29 is 18.7 Å². The van der Waals surface area contributed by atoms with Gasteiger partial charge in [0.25, 0.3) is 5.91 Å². The normalized spacial score (nSPS) is 12.4. The van der Waals surface area contributed by atoms with E-state index in [1.807, 2.05) is 62.4 Å². The van der Waals surface area contributed by atoms with Crippen LogP contribution in [0.5, 0.6) is 5.75 Å². The second kappa shape index (κ2) is 12.5. The van der Waals surface area contributed by atoms with Crippen LogP contribution in [-0.2, 0) is 22.6 Å². The lowest BCUT2D eigenvalue weighted by Crippen LogP contribution is -2.53. The molecule has 2 atom stereocenters. The minimum atomic E-state index is -0.756. The van der Waals surface area contributed by atoms with Gasteiger partial charge in [0, 0.05) is 19.0 Å². The predicted molar refractivity (Wildman–Crippen MR) is 131 cm³/mol. The smallest absolute Gasteiger partial charge is 0.261 e. The Hall–Kier alpha value is -3.67. The summed E-state index contributed by atoms with van der Waals surface area (Å²) in [5.74, 6) is -0.340. The van der Waals surface area contributed by atoms with Gasteiger partial charge < -0.3 is 15.0 Å². The Morgan fingerprint density at radius 2 is 1.53 bits per heavy atom. The van der Waals surface area contributed by atoms with Crippen LogP contribution in [0.4, 0.5) is 4.39 Å². The van der Waals surface area contributed by atoms with Crippen LogP contribution in [0.25, 0.3) is 0 Å². The highest BCUT2D eigenvalue weighted by atomic mass is 19.1. The lowest BCUT2D eigenvalue weighted by Gasteiger charge is -2.32. The Labute approximate surface area is 200 Å². The maximum Gasteiger partial charge on any atom is 0.261 e. The van der Waals surface area contributed by atoms with Crippen molar-refractivity contribution in [2.45, 2.75) is 45.3 Å². The number of halogens is 1. The number of amides is 2. The fraction of sp³-hybridized carbons (Fsp3) is 0.286. The Balaban J connectivity index is 1.90. The molecule has 178 valence electrons. The third kappa shape index (κ3) is 7.44. The number of nitrogens with zero attached hydrogens (tertiary/aromatic N) is 1. The Bertz CT molecular complexity index is 1040. The monoisotopic (exact) mass is 462 g/mol. The summed E-state index contributed by atoms with van der Waals surface area (Å²) >= 11 is 0. The molecule has 1 N–H and O–H groups in total. The van der Waals surface area contributed by atoms with Crippen LogP contribution < -0.4 is 10.1 Å². The highest BCUT2D eigenvalue weighted by Gasteiger charge is 2.31. The number of ether oxygens (including phenoxy) is 1. The molecule has 0 aliphatic heterocycles. The van der Waals surface area contributed by atoms with Gasteiger partial charge in [-0.05, 0) is 48.7 Å². The maximum absolute atomic E-state index is 13.5. The van der Waals surface area contributed by atoms with E-state index >= 15 is 0 Å². The molecule has 0 aromatic heterocycles.